The van der Waals surface area contributed by atoms with Crippen LogP contribution in [0.15, 0.2) is 45.7 Å². The molecule has 0 amide bonds. The second kappa shape index (κ2) is 6.01. The van der Waals surface area contributed by atoms with Gasteiger partial charge in [-0.1, -0.05) is 12.1 Å². The summed E-state index contributed by atoms with van der Waals surface area (Å²) in [6.07, 6.45) is 0. The molecule has 0 bridgehead atoms. The van der Waals surface area contributed by atoms with E-state index in [1.54, 1.807) is 12.1 Å². The molecule has 1 aromatic carbocycles. The van der Waals surface area contributed by atoms with Crippen LogP contribution in [-0.4, -0.2) is 8.42 Å². The van der Waals surface area contributed by atoms with E-state index in [4.69, 9.17) is 9.56 Å². The third-order valence-corrected chi connectivity index (χ3v) is 4.29. The van der Waals surface area contributed by atoms with E-state index >= 15 is 0 Å². The Bertz CT molecular complexity index is 722. The Balaban J connectivity index is 2.15. The first-order valence-corrected chi connectivity index (χ1v) is 8.27. The molecular weight excluding hydrogens is 288 g/mol. The van der Waals surface area contributed by atoms with E-state index in [0.717, 1.165) is 17.1 Å². The fraction of sp³-hybridized carbons (Fsp3) is 0.333. The van der Waals surface area contributed by atoms with Gasteiger partial charge in [0.2, 0.25) is 10.0 Å². The second-order valence-corrected chi connectivity index (χ2v) is 6.74. The zero-order chi connectivity index (χ0) is 15.6. The van der Waals surface area contributed by atoms with Gasteiger partial charge < -0.3 is 9.73 Å². The molecule has 6 heteroatoms. The van der Waals surface area contributed by atoms with Crippen molar-refractivity contribution < 1.29 is 12.8 Å². The topological polar surface area (TPSA) is 85.3 Å². The fourth-order valence-corrected chi connectivity index (χ4v) is 2.77. The largest absolute Gasteiger partial charge is 0.465 e. The van der Waals surface area contributed by atoms with Crippen LogP contribution in [-0.2, 0) is 10.0 Å². The van der Waals surface area contributed by atoms with Crippen LogP contribution in [0.4, 0.5) is 0 Å². The molecule has 0 saturated heterocycles. The highest BCUT2D eigenvalue weighted by atomic mass is 32.2. The first kappa shape index (κ1) is 15.8. The van der Waals surface area contributed by atoms with E-state index in [-0.39, 0.29) is 17.0 Å². The number of nitrogens with one attached hydrogen (secondary N) is 1. The highest BCUT2D eigenvalue weighted by Crippen LogP contribution is 2.22. The fourth-order valence-electron chi connectivity index (χ4n) is 2.20. The molecule has 5 nitrogen and oxygen atoms in total. The third kappa shape index (κ3) is 3.93. The Hall–Kier alpha value is -1.63. The summed E-state index contributed by atoms with van der Waals surface area (Å²) < 4.78 is 28.4. The highest BCUT2D eigenvalue weighted by Gasteiger charge is 2.15. The van der Waals surface area contributed by atoms with Crippen LogP contribution in [0.1, 0.15) is 43.0 Å². The molecule has 0 aliphatic heterocycles. The first-order chi connectivity index (χ1) is 9.77. The molecule has 0 aliphatic carbocycles. The number of nitrogens with two attached hydrogens (primary N) is 1. The van der Waals surface area contributed by atoms with Crippen LogP contribution in [0.25, 0.3) is 0 Å². The standard InChI is InChI=1S/C15H20N2O3S/c1-10-7-8-15(20-10)12(3)17-11(2)13-5-4-6-14(9-13)21(16,18)19/h4-9,11-12,17H,1-3H3,(H2,16,18,19). The summed E-state index contributed by atoms with van der Waals surface area (Å²) in [5, 5.41) is 8.53. The summed E-state index contributed by atoms with van der Waals surface area (Å²) in [7, 11) is -3.68. The van der Waals surface area contributed by atoms with Crippen molar-refractivity contribution in [1.29, 1.82) is 0 Å². The SMILES string of the molecule is Cc1ccc(C(C)NC(C)c2cccc(S(N)(=O)=O)c2)o1. The van der Waals surface area contributed by atoms with Gasteiger partial charge in [-0.15, -0.1) is 0 Å². The predicted octanol–water partition coefficient (Wildman–Crippen LogP) is 2.65. The number of primary sulfonamides is 1. The van der Waals surface area contributed by atoms with Crippen molar-refractivity contribution in [3.63, 3.8) is 0 Å². The van der Waals surface area contributed by atoms with Gasteiger partial charge in [0.1, 0.15) is 11.5 Å². The van der Waals surface area contributed by atoms with Crippen molar-refractivity contribution in [3.05, 3.63) is 53.5 Å². The maximum Gasteiger partial charge on any atom is 0.238 e. The van der Waals surface area contributed by atoms with E-state index in [9.17, 15) is 8.42 Å². The number of sulfonamides is 1. The van der Waals surface area contributed by atoms with Gasteiger partial charge in [-0.05, 0) is 50.6 Å². The lowest BCUT2D eigenvalue weighted by Crippen LogP contribution is -2.22. The van der Waals surface area contributed by atoms with Gasteiger partial charge in [0.25, 0.3) is 0 Å². The van der Waals surface area contributed by atoms with E-state index in [0.29, 0.717) is 0 Å². The van der Waals surface area contributed by atoms with Gasteiger partial charge >= 0.3 is 0 Å². The van der Waals surface area contributed by atoms with Crippen LogP contribution in [0.2, 0.25) is 0 Å². The molecule has 1 heterocycles. The molecule has 0 saturated carbocycles. The van der Waals surface area contributed by atoms with Crippen LogP contribution < -0.4 is 10.5 Å². The Morgan fingerprint density at radius 2 is 1.86 bits per heavy atom. The zero-order valence-corrected chi connectivity index (χ0v) is 13.1. The highest BCUT2D eigenvalue weighted by molar-refractivity contribution is 7.89. The van der Waals surface area contributed by atoms with Crippen molar-refractivity contribution in [2.24, 2.45) is 5.14 Å². The number of rotatable bonds is 5. The molecule has 2 rings (SSSR count). The molecule has 2 aromatic rings. The predicted molar refractivity (Wildman–Crippen MR) is 81.2 cm³/mol. The first-order valence-electron chi connectivity index (χ1n) is 6.72. The molecule has 114 valence electrons. The monoisotopic (exact) mass is 308 g/mol. The van der Waals surface area contributed by atoms with E-state index in [2.05, 4.69) is 5.32 Å². The van der Waals surface area contributed by atoms with E-state index < -0.39 is 10.0 Å². The minimum atomic E-state index is -3.68. The molecule has 0 spiro atoms. The van der Waals surface area contributed by atoms with Crippen LogP contribution in [0, 0.1) is 6.92 Å². The van der Waals surface area contributed by atoms with Gasteiger partial charge in [0, 0.05) is 6.04 Å². The Kier molecular flexibility index (Phi) is 4.51. The van der Waals surface area contributed by atoms with Crippen molar-refractivity contribution in [2.45, 2.75) is 37.8 Å². The minimum absolute atomic E-state index is 0.0202. The van der Waals surface area contributed by atoms with Crippen LogP contribution in [0.5, 0.6) is 0 Å². The quantitative estimate of drug-likeness (QED) is 0.889. The van der Waals surface area contributed by atoms with Crippen molar-refractivity contribution >= 4 is 10.0 Å². The lowest BCUT2D eigenvalue weighted by atomic mass is 10.1. The minimum Gasteiger partial charge on any atom is -0.465 e. The average molecular weight is 308 g/mol. The van der Waals surface area contributed by atoms with Gasteiger partial charge in [-0.3, -0.25) is 0 Å². The lowest BCUT2D eigenvalue weighted by Gasteiger charge is -2.19. The molecule has 2 atom stereocenters. The van der Waals surface area contributed by atoms with Crippen molar-refractivity contribution in [2.75, 3.05) is 0 Å². The van der Waals surface area contributed by atoms with Crippen LogP contribution >= 0.6 is 0 Å². The molecule has 0 fully saturated rings. The summed E-state index contributed by atoms with van der Waals surface area (Å²) >= 11 is 0. The molecule has 1 aromatic heterocycles. The van der Waals surface area contributed by atoms with Gasteiger partial charge in [0.05, 0.1) is 10.9 Å². The van der Waals surface area contributed by atoms with Crippen molar-refractivity contribution in [3.8, 4) is 0 Å². The lowest BCUT2D eigenvalue weighted by molar-refractivity contribution is 0.392. The van der Waals surface area contributed by atoms with E-state index in [1.165, 1.54) is 6.07 Å². The summed E-state index contributed by atoms with van der Waals surface area (Å²) in [5.74, 6) is 1.71. The third-order valence-electron chi connectivity index (χ3n) is 3.37. The van der Waals surface area contributed by atoms with Gasteiger partial charge in [-0.2, -0.15) is 0 Å². The molecule has 2 unspecified atom stereocenters. The summed E-state index contributed by atoms with van der Waals surface area (Å²) in [5.41, 5.74) is 0.858. The van der Waals surface area contributed by atoms with Crippen LogP contribution in [0.3, 0.4) is 0 Å². The summed E-state index contributed by atoms with van der Waals surface area (Å²) in [6.45, 7) is 5.86. The number of hydrogen-bond acceptors (Lipinski definition) is 4. The van der Waals surface area contributed by atoms with Gasteiger partial charge in [-0.25, -0.2) is 13.6 Å². The maximum atomic E-state index is 11.4. The number of benzene rings is 1. The average Bonchev–Trinajstić information content (AvgIpc) is 2.84. The molecule has 21 heavy (non-hydrogen) atoms. The Morgan fingerprint density at radius 1 is 1.14 bits per heavy atom. The number of hydrogen-bond donors (Lipinski definition) is 2. The summed E-state index contributed by atoms with van der Waals surface area (Å²) in [6, 6.07) is 10.5. The smallest absolute Gasteiger partial charge is 0.238 e. The number of aryl methyl sites for hydroxylation is 1. The Morgan fingerprint density at radius 3 is 2.43 bits per heavy atom. The van der Waals surface area contributed by atoms with Crippen molar-refractivity contribution in [1.82, 2.24) is 5.32 Å². The second-order valence-electron chi connectivity index (χ2n) is 5.18. The molecule has 3 N–H and O–H groups in total. The zero-order valence-electron chi connectivity index (χ0n) is 12.3. The molecule has 0 radical (unpaired) electrons. The maximum absolute atomic E-state index is 11.4. The molecular formula is C15H20N2O3S. The normalized spacial score (nSPS) is 14.9. The van der Waals surface area contributed by atoms with E-state index in [1.807, 2.05) is 39.0 Å². The summed E-state index contributed by atoms with van der Waals surface area (Å²) in [4.78, 5) is 0.121. The molecule has 0 aliphatic rings. The number of furan rings is 1. The Labute approximate surface area is 125 Å². The van der Waals surface area contributed by atoms with Gasteiger partial charge in [0.15, 0.2) is 0 Å².